The molecule has 0 saturated carbocycles. The van der Waals surface area contributed by atoms with Gasteiger partial charge in [-0.05, 0) is 41.1 Å². The van der Waals surface area contributed by atoms with Crippen molar-refractivity contribution in [1.82, 2.24) is 15.6 Å². The fourth-order valence-corrected chi connectivity index (χ4v) is 5.39. The number of hydrogen-bond donors (Lipinski definition) is 4. The highest BCUT2D eigenvalue weighted by atomic mass is 32.2. The van der Waals surface area contributed by atoms with Crippen molar-refractivity contribution in [2.75, 3.05) is 4.72 Å². The van der Waals surface area contributed by atoms with E-state index >= 15 is 0 Å². The lowest BCUT2D eigenvalue weighted by atomic mass is 10.0. The van der Waals surface area contributed by atoms with E-state index in [0.717, 1.165) is 26.7 Å². The molecule has 0 aliphatic rings. The van der Waals surface area contributed by atoms with Crippen LogP contribution in [0.15, 0.2) is 77.5 Å². The number of hydrogen-bond acceptors (Lipinski definition) is 6. The molecular formula is C23H22N4O4S3. The highest BCUT2D eigenvalue weighted by Crippen LogP contribution is 2.30. The van der Waals surface area contributed by atoms with E-state index in [1.807, 2.05) is 57.9 Å². The van der Waals surface area contributed by atoms with Gasteiger partial charge in [0.2, 0.25) is 0 Å². The quantitative estimate of drug-likeness (QED) is 0.238. The lowest BCUT2D eigenvalue weighted by Crippen LogP contribution is -2.38. The number of nitrogens with one attached hydrogen (secondary N) is 3. The van der Waals surface area contributed by atoms with Crippen molar-refractivity contribution < 1.29 is 17.8 Å². The number of rotatable bonds is 9. The van der Waals surface area contributed by atoms with Crippen molar-refractivity contribution in [3.8, 4) is 9.88 Å². The zero-order valence-electron chi connectivity index (χ0n) is 17.8. The summed E-state index contributed by atoms with van der Waals surface area (Å²) in [6.45, 7) is 0.396. The van der Waals surface area contributed by atoms with Gasteiger partial charge in [0.25, 0.3) is 0 Å². The second-order valence-electron chi connectivity index (χ2n) is 7.40. The summed E-state index contributed by atoms with van der Waals surface area (Å²) in [5, 5.41) is 10.7. The van der Waals surface area contributed by atoms with Crippen LogP contribution in [0, 0.1) is 0 Å². The molecule has 2 amide bonds. The predicted octanol–water partition coefficient (Wildman–Crippen LogP) is 4.87. The Hall–Kier alpha value is -3.25. The van der Waals surface area contributed by atoms with Crippen molar-refractivity contribution in [3.05, 3.63) is 94.3 Å². The van der Waals surface area contributed by atoms with E-state index in [1.54, 1.807) is 35.6 Å². The van der Waals surface area contributed by atoms with Crippen LogP contribution in [0.1, 0.15) is 22.9 Å². The fourth-order valence-electron chi connectivity index (χ4n) is 3.27. The first-order valence-corrected chi connectivity index (χ1v) is 13.5. The van der Waals surface area contributed by atoms with Crippen LogP contribution in [0.3, 0.4) is 0 Å². The summed E-state index contributed by atoms with van der Waals surface area (Å²) < 4.78 is 33.0. The van der Waals surface area contributed by atoms with Crippen LogP contribution in [0.5, 0.6) is 0 Å². The Labute approximate surface area is 205 Å². The highest BCUT2D eigenvalue weighted by Gasteiger charge is 2.19. The smallest absolute Gasteiger partial charge is 0.334 e. The number of anilines is 1. The summed E-state index contributed by atoms with van der Waals surface area (Å²) in [7, 11) is -4.34. The molecule has 0 aliphatic carbocycles. The number of nitrogens with zero attached hydrogens (tertiary/aromatic N) is 1. The fraction of sp³-hybridized carbons (Fsp3) is 0.130. The number of thiophene rings is 1. The number of amides is 2. The van der Waals surface area contributed by atoms with E-state index in [4.69, 9.17) is 9.54 Å². The molecule has 8 nitrogen and oxygen atoms in total. The van der Waals surface area contributed by atoms with E-state index in [1.165, 1.54) is 11.3 Å². The maximum Gasteiger partial charge on any atom is 0.357 e. The minimum absolute atomic E-state index is 0.241. The first-order valence-electron chi connectivity index (χ1n) is 10.3. The molecule has 2 heterocycles. The molecule has 0 saturated heterocycles. The van der Waals surface area contributed by atoms with Crippen LogP contribution in [-0.2, 0) is 23.3 Å². The normalized spacial score (nSPS) is 12.1. The summed E-state index contributed by atoms with van der Waals surface area (Å²) in [4.78, 5) is 18.5. The number of thiazole rings is 1. The maximum absolute atomic E-state index is 12.7. The summed E-state index contributed by atoms with van der Waals surface area (Å²) in [6, 6.07) is 19.4. The maximum atomic E-state index is 12.7. The first-order chi connectivity index (χ1) is 16.4. The second-order valence-corrected chi connectivity index (χ2v) is 10.4. The largest absolute Gasteiger partial charge is 0.357 e. The molecule has 0 bridgehead atoms. The molecule has 0 fully saturated rings. The highest BCUT2D eigenvalue weighted by molar-refractivity contribution is 7.87. The summed E-state index contributed by atoms with van der Waals surface area (Å²) in [5.74, 6) is 0. The zero-order valence-corrected chi connectivity index (χ0v) is 20.3. The third-order valence-electron chi connectivity index (χ3n) is 4.85. The van der Waals surface area contributed by atoms with E-state index in [-0.39, 0.29) is 11.7 Å². The van der Waals surface area contributed by atoms with Gasteiger partial charge in [-0.2, -0.15) is 8.42 Å². The molecule has 4 N–H and O–H groups in total. The monoisotopic (exact) mass is 514 g/mol. The van der Waals surface area contributed by atoms with Crippen LogP contribution >= 0.6 is 22.7 Å². The van der Waals surface area contributed by atoms with Gasteiger partial charge in [-0.25, -0.2) is 9.78 Å². The zero-order chi connectivity index (χ0) is 24.0. The lowest BCUT2D eigenvalue weighted by Gasteiger charge is -2.18. The molecular weight excluding hydrogens is 492 g/mol. The molecule has 176 valence electrons. The minimum Gasteiger partial charge on any atom is -0.334 e. The van der Waals surface area contributed by atoms with E-state index in [9.17, 15) is 13.2 Å². The van der Waals surface area contributed by atoms with Crippen molar-refractivity contribution in [3.63, 3.8) is 0 Å². The SMILES string of the molecule is O=C(NCc1ccccc1)NC(Cc1ccc(NS(=O)(=O)O)cc1)c1csc(-c2cccs2)n1. The molecule has 11 heteroatoms. The minimum atomic E-state index is -4.34. The Kier molecular flexibility index (Phi) is 7.58. The van der Waals surface area contributed by atoms with Gasteiger partial charge < -0.3 is 10.6 Å². The van der Waals surface area contributed by atoms with Gasteiger partial charge in [-0.15, -0.1) is 22.7 Å². The molecule has 4 rings (SSSR count). The summed E-state index contributed by atoms with van der Waals surface area (Å²) >= 11 is 3.12. The van der Waals surface area contributed by atoms with Gasteiger partial charge >= 0.3 is 16.3 Å². The average Bonchev–Trinajstić information content (AvgIpc) is 3.50. The van der Waals surface area contributed by atoms with Crippen LogP contribution in [0.4, 0.5) is 10.5 Å². The average molecular weight is 515 g/mol. The number of carbonyl (C=O) groups excluding carboxylic acids is 1. The Morgan fingerprint density at radius 3 is 2.41 bits per heavy atom. The van der Waals surface area contributed by atoms with Gasteiger partial charge in [0.1, 0.15) is 5.01 Å². The first kappa shape index (κ1) is 23.9. The van der Waals surface area contributed by atoms with Gasteiger partial charge in [0.15, 0.2) is 0 Å². The van der Waals surface area contributed by atoms with Crippen molar-refractivity contribution in [2.24, 2.45) is 0 Å². The van der Waals surface area contributed by atoms with Crippen LogP contribution in [0.2, 0.25) is 0 Å². The number of urea groups is 1. The standard InChI is InChI=1S/C23H22N4O4S3/c28-23(24-14-17-5-2-1-3-6-17)26-19(20-15-33-22(25-20)21-7-4-12-32-21)13-16-8-10-18(11-9-16)27-34(29,30)31/h1-12,15,19,27H,13-14H2,(H2,24,26,28)(H,29,30,31). The van der Waals surface area contributed by atoms with Crippen molar-refractivity contribution >= 4 is 44.7 Å². The van der Waals surface area contributed by atoms with Crippen molar-refractivity contribution in [1.29, 1.82) is 0 Å². The topological polar surface area (TPSA) is 120 Å². The van der Waals surface area contributed by atoms with E-state index in [0.29, 0.717) is 13.0 Å². The summed E-state index contributed by atoms with van der Waals surface area (Å²) in [5.41, 5.74) is 2.83. The number of carbonyl (C=O) groups is 1. The molecule has 2 aromatic heterocycles. The Balaban J connectivity index is 1.49. The second kappa shape index (κ2) is 10.8. The van der Waals surface area contributed by atoms with Gasteiger partial charge in [-0.3, -0.25) is 9.27 Å². The van der Waals surface area contributed by atoms with Gasteiger partial charge in [-0.1, -0.05) is 48.5 Å². The van der Waals surface area contributed by atoms with E-state index in [2.05, 4.69) is 10.6 Å². The molecule has 2 aromatic carbocycles. The summed E-state index contributed by atoms with van der Waals surface area (Å²) in [6.07, 6.45) is 0.443. The molecule has 1 atom stereocenters. The molecule has 4 aromatic rings. The van der Waals surface area contributed by atoms with Crippen molar-refractivity contribution in [2.45, 2.75) is 19.0 Å². The van der Waals surface area contributed by atoms with Gasteiger partial charge in [0.05, 0.1) is 22.3 Å². The van der Waals surface area contributed by atoms with Crippen LogP contribution in [-0.4, -0.2) is 24.0 Å². The van der Waals surface area contributed by atoms with Crippen LogP contribution < -0.4 is 15.4 Å². The lowest BCUT2D eigenvalue weighted by molar-refractivity contribution is 0.236. The molecule has 34 heavy (non-hydrogen) atoms. The van der Waals surface area contributed by atoms with Crippen LogP contribution in [0.25, 0.3) is 9.88 Å². The van der Waals surface area contributed by atoms with E-state index < -0.39 is 16.3 Å². The molecule has 0 radical (unpaired) electrons. The third-order valence-corrected chi connectivity index (χ3v) is 7.25. The molecule has 0 spiro atoms. The number of aromatic nitrogens is 1. The van der Waals surface area contributed by atoms with Gasteiger partial charge in [0, 0.05) is 11.9 Å². The predicted molar refractivity (Wildman–Crippen MR) is 135 cm³/mol. The Morgan fingerprint density at radius 2 is 1.74 bits per heavy atom. The number of benzene rings is 2. The Morgan fingerprint density at radius 1 is 0.971 bits per heavy atom. The third kappa shape index (κ3) is 6.87. The molecule has 1 unspecified atom stereocenters. The molecule has 0 aliphatic heterocycles. The Bertz CT molecular complexity index is 1320.